The first-order valence-electron chi connectivity index (χ1n) is 5.79. The lowest BCUT2D eigenvalue weighted by molar-refractivity contribution is 1.40. The third kappa shape index (κ3) is 23.0. The van der Waals surface area contributed by atoms with Crippen LogP contribution < -0.4 is 0 Å². The Morgan fingerprint density at radius 1 is 0.750 bits per heavy atom. The number of allylic oxidation sites excluding steroid dienone is 2. The molecule has 0 heterocycles. The van der Waals surface area contributed by atoms with Gasteiger partial charge in [-0.3, -0.25) is 0 Å². The highest BCUT2D eigenvalue weighted by Crippen LogP contribution is 1.99. The molecule has 0 aliphatic heterocycles. The number of rotatable bonds is 0. The van der Waals surface area contributed by atoms with Crippen LogP contribution in [0.25, 0.3) is 0 Å². The van der Waals surface area contributed by atoms with E-state index in [9.17, 15) is 0 Å². The van der Waals surface area contributed by atoms with Gasteiger partial charge in [-0.15, -0.1) is 13.2 Å². The zero-order chi connectivity index (χ0) is 13.4. The second kappa shape index (κ2) is 19.3. The highest BCUT2D eigenvalue weighted by molar-refractivity contribution is 5.19. The van der Waals surface area contributed by atoms with Crippen LogP contribution in [0.1, 0.15) is 38.8 Å². The molecule has 0 saturated heterocycles. The van der Waals surface area contributed by atoms with Crippen molar-refractivity contribution in [3.8, 4) is 0 Å². The number of benzene rings is 1. The Balaban J connectivity index is -0.000000179. The van der Waals surface area contributed by atoms with Gasteiger partial charge in [0.2, 0.25) is 0 Å². The van der Waals surface area contributed by atoms with Crippen molar-refractivity contribution in [1.29, 1.82) is 0 Å². The Kier molecular flexibility index (Phi) is 24.3. The second-order valence-electron chi connectivity index (χ2n) is 2.97. The van der Waals surface area contributed by atoms with Crippen LogP contribution in [-0.4, -0.2) is 0 Å². The molecule has 0 heteroatoms. The fraction of sp³-hybridized carbons (Fsp3) is 0.375. The molecule has 0 fully saturated rings. The van der Waals surface area contributed by atoms with E-state index < -0.39 is 0 Å². The van der Waals surface area contributed by atoms with E-state index in [1.165, 1.54) is 11.1 Å². The van der Waals surface area contributed by atoms with Gasteiger partial charge in [0.25, 0.3) is 0 Å². The Labute approximate surface area is 103 Å². The first-order valence-corrected chi connectivity index (χ1v) is 5.79. The lowest BCUT2D eigenvalue weighted by Gasteiger charge is -1.90. The van der Waals surface area contributed by atoms with Gasteiger partial charge >= 0.3 is 0 Å². The standard InChI is InChI=1S/C8H10.2C3H6.C2H6/c1-7-3-5-8(2)6-4-7;2*1-3-2;1-2/h3-6H,1-2H3;2*3H,1H2,2H3;1-2H3. The molecule has 0 bridgehead atoms. The van der Waals surface area contributed by atoms with Gasteiger partial charge in [0.05, 0.1) is 0 Å². The Morgan fingerprint density at radius 3 is 1.00 bits per heavy atom. The average molecular weight is 220 g/mol. The summed E-state index contributed by atoms with van der Waals surface area (Å²) in [5.41, 5.74) is 2.66. The van der Waals surface area contributed by atoms with E-state index in [1.54, 1.807) is 12.2 Å². The van der Waals surface area contributed by atoms with Crippen molar-refractivity contribution in [2.75, 3.05) is 0 Å². The van der Waals surface area contributed by atoms with Crippen LogP contribution in [0.15, 0.2) is 49.6 Å². The van der Waals surface area contributed by atoms with Gasteiger partial charge in [-0.1, -0.05) is 61.4 Å². The molecule has 0 atom stereocenters. The lowest BCUT2D eigenvalue weighted by Crippen LogP contribution is -1.70. The third-order valence-electron chi connectivity index (χ3n) is 1.22. The maximum Gasteiger partial charge on any atom is -0.0398 e. The zero-order valence-electron chi connectivity index (χ0n) is 11.9. The summed E-state index contributed by atoms with van der Waals surface area (Å²) in [5.74, 6) is 0. The molecule has 0 aliphatic carbocycles. The SMILES string of the molecule is C=CC.C=CC.CC.Cc1ccc(C)cc1. The van der Waals surface area contributed by atoms with Gasteiger partial charge in [0.15, 0.2) is 0 Å². The molecular formula is C16H28. The van der Waals surface area contributed by atoms with Gasteiger partial charge in [-0.25, -0.2) is 0 Å². The van der Waals surface area contributed by atoms with E-state index >= 15 is 0 Å². The van der Waals surface area contributed by atoms with E-state index in [0.717, 1.165) is 0 Å². The summed E-state index contributed by atoms with van der Waals surface area (Å²) in [6.07, 6.45) is 3.50. The maximum atomic E-state index is 3.36. The summed E-state index contributed by atoms with van der Waals surface area (Å²) in [6.45, 7) is 18.7. The maximum absolute atomic E-state index is 3.36. The van der Waals surface area contributed by atoms with Crippen molar-refractivity contribution in [2.24, 2.45) is 0 Å². The zero-order valence-corrected chi connectivity index (χ0v) is 11.9. The quantitative estimate of drug-likeness (QED) is 0.491. The van der Waals surface area contributed by atoms with Gasteiger partial charge in [-0.05, 0) is 27.7 Å². The van der Waals surface area contributed by atoms with Crippen molar-refractivity contribution >= 4 is 0 Å². The summed E-state index contributed by atoms with van der Waals surface area (Å²) >= 11 is 0. The highest BCUT2D eigenvalue weighted by atomic mass is 13.9. The summed E-state index contributed by atoms with van der Waals surface area (Å²) in [7, 11) is 0. The minimum atomic E-state index is 1.33. The number of hydrogen-bond acceptors (Lipinski definition) is 0. The molecule has 0 nitrogen and oxygen atoms in total. The van der Waals surface area contributed by atoms with Crippen LogP contribution in [0, 0.1) is 13.8 Å². The fourth-order valence-corrected chi connectivity index (χ4v) is 0.637. The molecule has 0 saturated carbocycles. The monoisotopic (exact) mass is 220 g/mol. The van der Waals surface area contributed by atoms with Crippen molar-refractivity contribution in [1.82, 2.24) is 0 Å². The van der Waals surface area contributed by atoms with E-state index in [4.69, 9.17) is 0 Å². The first-order chi connectivity index (χ1) is 7.62. The van der Waals surface area contributed by atoms with Crippen LogP contribution in [0.4, 0.5) is 0 Å². The minimum Gasteiger partial charge on any atom is -0.103 e. The van der Waals surface area contributed by atoms with Crippen molar-refractivity contribution in [3.63, 3.8) is 0 Å². The molecule has 0 unspecified atom stereocenters. The molecule has 0 aliphatic rings. The Morgan fingerprint density at radius 2 is 0.875 bits per heavy atom. The molecule has 0 aromatic heterocycles. The molecular weight excluding hydrogens is 192 g/mol. The van der Waals surface area contributed by atoms with Gasteiger partial charge in [0, 0.05) is 0 Å². The normalized spacial score (nSPS) is 6.62. The van der Waals surface area contributed by atoms with Crippen LogP contribution in [0.3, 0.4) is 0 Å². The highest BCUT2D eigenvalue weighted by Gasteiger charge is 1.79. The summed E-state index contributed by atoms with van der Waals surface area (Å²) in [4.78, 5) is 0. The molecule has 0 radical (unpaired) electrons. The lowest BCUT2D eigenvalue weighted by atomic mass is 10.2. The Hall–Kier alpha value is -1.30. The third-order valence-corrected chi connectivity index (χ3v) is 1.22. The average Bonchev–Trinajstić information content (AvgIpc) is 2.28. The number of aryl methyl sites for hydroxylation is 2. The van der Waals surface area contributed by atoms with E-state index in [2.05, 4.69) is 51.3 Å². The van der Waals surface area contributed by atoms with Crippen LogP contribution in [-0.2, 0) is 0 Å². The second-order valence-corrected chi connectivity index (χ2v) is 2.97. The van der Waals surface area contributed by atoms with Gasteiger partial charge < -0.3 is 0 Å². The molecule has 1 rings (SSSR count). The number of hydrogen-bond donors (Lipinski definition) is 0. The summed E-state index contributed by atoms with van der Waals surface area (Å²) in [5, 5.41) is 0. The van der Waals surface area contributed by atoms with E-state index in [-0.39, 0.29) is 0 Å². The molecule has 0 amide bonds. The minimum absolute atomic E-state index is 1.33. The van der Waals surface area contributed by atoms with Crippen LogP contribution in [0.5, 0.6) is 0 Å². The van der Waals surface area contributed by atoms with E-state index in [0.29, 0.717) is 0 Å². The molecule has 16 heavy (non-hydrogen) atoms. The molecule has 92 valence electrons. The van der Waals surface area contributed by atoms with E-state index in [1.807, 2.05) is 27.7 Å². The largest absolute Gasteiger partial charge is 0.103 e. The van der Waals surface area contributed by atoms with Gasteiger partial charge in [-0.2, -0.15) is 0 Å². The molecule has 1 aromatic carbocycles. The molecule has 0 spiro atoms. The van der Waals surface area contributed by atoms with Crippen LogP contribution >= 0.6 is 0 Å². The summed E-state index contributed by atoms with van der Waals surface area (Å²) in [6, 6.07) is 8.48. The summed E-state index contributed by atoms with van der Waals surface area (Å²) < 4.78 is 0. The topological polar surface area (TPSA) is 0 Å². The Bertz CT molecular complexity index is 202. The van der Waals surface area contributed by atoms with Gasteiger partial charge in [0.1, 0.15) is 0 Å². The molecule has 0 N–H and O–H groups in total. The fourth-order valence-electron chi connectivity index (χ4n) is 0.637. The first kappa shape index (κ1) is 20.2. The molecule has 1 aromatic rings. The predicted octanol–water partition coefficient (Wildman–Crippen LogP) is 5.71. The smallest absolute Gasteiger partial charge is 0.0398 e. The van der Waals surface area contributed by atoms with Crippen molar-refractivity contribution < 1.29 is 0 Å². The van der Waals surface area contributed by atoms with Crippen molar-refractivity contribution in [3.05, 3.63) is 60.7 Å². The predicted molar refractivity (Wildman–Crippen MR) is 79.0 cm³/mol. The van der Waals surface area contributed by atoms with Crippen LogP contribution in [0.2, 0.25) is 0 Å². The van der Waals surface area contributed by atoms with Crippen molar-refractivity contribution in [2.45, 2.75) is 41.5 Å².